The molecule has 0 spiro atoms. The van der Waals surface area contributed by atoms with E-state index in [9.17, 15) is 19.2 Å². The van der Waals surface area contributed by atoms with Gasteiger partial charge in [-0.05, 0) is 36.7 Å². The van der Waals surface area contributed by atoms with Crippen LogP contribution < -0.4 is 33.2 Å². The van der Waals surface area contributed by atoms with E-state index in [-0.39, 0.29) is 43.0 Å². The van der Waals surface area contributed by atoms with Crippen molar-refractivity contribution in [1.29, 1.82) is 0 Å². The van der Waals surface area contributed by atoms with Crippen LogP contribution in [0.25, 0.3) is 0 Å². The van der Waals surface area contributed by atoms with Gasteiger partial charge in [0, 0.05) is 19.4 Å². The highest BCUT2D eigenvalue weighted by atomic mass is 16.2. The second-order valence-electron chi connectivity index (χ2n) is 10.0. The molecule has 0 saturated carbocycles. The molecule has 206 valence electrons. The van der Waals surface area contributed by atoms with E-state index >= 15 is 0 Å². The van der Waals surface area contributed by atoms with Crippen LogP contribution in [0.15, 0.2) is 35.3 Å². The Kier molecular flexibility index (Phi) is 13.7. The van der Waals surface area contributed by atoms with Crippen molar-refractivity contribution in [1.82, 2.24) is 16.0 Å². The monoisotopic (exact) mass is 517 g/mol. The van der Waals surface area contributed by atoms with Gasteiger partial charge in [0.05, 0.1) is 0 Å². The number of carbonyl (C=O) groups is 4. The number of amides is 4. The predicted octanol–water partition coefficient (Wildman–Crippen LogP) is 0.315. The van der Waals surface area contributed by atoms with E-state index in [0.29, 0.717) is 19.4 Å². The standard InChI is InChI=1S/C26H43N7O4/c1-16(2)13-21(25(37)32-20(23(27)35)15-18-9-6-5-7-10-18)33-24(36)19(11-8-12-30-26(28)29)31-22(34)14-17(3)4/h5-7,9-10,16-17,19-21H,8,11-15H2,1-4H3,(H2,27,35)(H,31,34)(H,32,37)(H,33,36)(H4,28,29,30)/t19-,20-,21-/m0/s1. The van der Waals surface area contributed by atoms with Gasteiger partial charge in [-0.25, -0.2) is 0 Å². The summed E-state index contributed by atoms with van der Waals surface area (Å²) in [6, 6.07) is 6.44. The number of nitrogens with zero attached hydrogens (tertiary/aromatic N) is 1. The number of hydrogen-bond donors (Lipinski definition) is 6. The van der Waals surface area contributed by atoms with Crippen molar-refractivity contribution in [2.45, 2.75) is 77.9 Å². The van der Waals surface area contributed by atoms with Crippen molar-refractivity contribution in [2.75, 3.05) is 6.54 Å². The predicted molar refractivity (Wildman–Crippen MR) is 144 cm³/mol. The van der Waals surface area contributed by atoms with E-state index in [1.807, 2.05) is 58.0 Å². The molecule has 1 aromatic rings. The van der Waals surface area contributed by atoms with Gasteiger partial charge in [0.2, 0.25) is 23.6 Å². The molecule has 1 rings (SSSR count). The Hall–Kier alpha value is -3.63. The van der Waals surface area contributed by atoms with Gasteiger partial charge >= 0.3 is 0 Å². The zero-order valence-corrected chi connectivity index (χ0v) is 22.3. The third kappa shape index (κ3) is 13.3. The third-order valence-electron chi connectivity index (χ3n) is 5.47. The zero-order chi connectivity index (χ0) is 28.0. The Bertz CT molecular complexity index is 915. The quantitative estimate of drug-likeness (QED) is 0.104. The van der Waals surface area contributed by atoms with E-state index < -0.39 is 35.8 Å². The van der Waals surface area contributed by atoms with Gasteiger partial charge in [-0.1, -0.05) is 58.0 Å². The molecule has 9 N–H and O–H groups in total. The Labute approximate surface area is 219 Å². The third-order valence-corrected chi connectivity index (χ3v) is 5.47. The summed E-state index contributed by atoms with van der Waals surface area (Å²) in [5, 5.41) is 8.20. The van der Waals surface area contributed by atoms with E-state index in [2.05, 4.69) is 20.9 Å². The summed E-state index contributed by atoms with van der Waals surface area (Å²) in [6.45, 7) is 7.93. The average Bonchev–Trinajstić information content (AvgIpc) is 2.79. The maximum atomic E-state index is 13.2. The second-order valence-corrected chi connectivity index (χ2v) is 10.0. The van der Waals surface area contributed by atoms with E-state index in [1.54, 1.807) is 0 Å². The normalized spacial score (nSPS) is 13.4. The van der Waals surface area contributed by atoms with E-state index in [1.165, 1.54) is 0 Å². The number of hydrogen-bond acceptors (Lipinski definition) is 5. The number of benzene rings is 1. The van der Waals surface area contributed by atoms with Gasteiger partial charge in [0.25, 0.3) is 0 Å². The van der Waals surface area contributed by atoms with Gasteiger partial charge in [-0.15, -0.1) is 0 Å². The first kappa shape index (κ1) is 31.4. The minimum Gasteiger partial charge on any atom is -0.370 e. The molecule has 0 heterocycles. The molecule has 0 aromatic heterocycles. The van der Waals surface area contributed by atoms with Gasteiger partial charge < -0.3 is 33.2 Å². The fourth-order valence-electron chi connectivity index (χ4n) is 3.72. The van der Waals surface area contributed by atoms with Gasteiger partial charge in [0.15, 0.2) is 5.96 Å². The van der Waals surface area contributed by atoms with Crippen LogP contribution in [0.4, 0.5) is 0 Å². The molecule has 0 radical (unpaired) electrons. The minimum atomic E-state index is -0.942. The van der Waals surface area contributed by atoms with Crippen molar-refractivity contribution in [2.24, 2.45) is 34.0 Å². The van der Waals surface area contributed by atoms with Crippen molar-refractivity contribution in [3.8, 4) is 0 Å². The lowest BCUT2D eigenvalue weighted by Gasteiger charge is -2.26. The summed E-state index contributed by atoms with van der Waals surface area (Å²) in [7, 11) is 0. The summed E-state index contributed by atoms with van der Waals surface area (Å²) in [5.41, 5.74) is 17.1. The maximum Gasteiger partial charge on any atom is 0.243 e. The molecule has 0 saturated heterocycles. The molecule has 0 fully saturated rings. The van der Waals surface area contributed by atoms with Crippen molar-refractivity contribution in [3.05, 3.63) is 35.9 Å². The van der Waals surface area contributed by atoms with Crippen LogP contribution in [0.2, 0.25) is 0 Å². The molecule has 11 nitrogen and oxygen atoms in total. The van der Waals surface area contributed by atoms with Crippen LogP contribution in [0, 0.1) is 11.8 Å². The van der Waals surface area contributed by atoms with E-state index in [0.717, 1.165) is 5.56 Å². The van der Waals surface area contributed by atoms with Crippen molar-refractivity contribution >= 4 is 29.6 Å². The molecule has 0 unspecified atom stereocenters. The van der Waals surface area contributed by atoms with Gasteiger partial charge in [0.1, 0.15) is 18.1 Å². The van der Waals surface area contributed by atoms with Crippen LogP contribution in [0.3, 0.4) is 0 Å². The molecule has 0 aliphatic carbocycles. The van der Waals surface area contributed by atoms with Crippen LogP contribution in [0.5, 0.6) is 0 Å². The Morgan fingerprint density at radius 2 is 1.41 bits per heavy atom. The summed E-state index contributed by atoms with van der Waals surface area (Å²) in [5.74, 6) is -1.84. The van der Waals surface area contributed by atoms with Crippen molar-refractivity contribution < 1.29 is 19.2 Å². The molecule has 0 bridgehead atoms. The molecule has 37 heavy (non-hydrogen) atoms. The second kappa shape index (κ2) is 16.2. The summed E-state index contributed by atoms with van der Waals surface area (Å²) in [4.78, 5) is 54.8. The highest BCUT2D eigenvalue weighted by Gasteiger charge is 2.29. The number of primary amides is 1. The fraction of sp³-hybridized carbons (Fsp3) is 0.577. The molecule has 1 aromatic carbocycles. The summed E-state index contributed by atoms with van der Waals surface area (Å²) >= 11 is 0. The number of guanidine groups is 1. The Morgan fingerprint density at radius 3 is 1.95 bits per heavy atom. The maximum absolute atomic E-state index is 13.2. The zero-order valence-electron chi connectivity index (χ0n) is 22.3. The topological polar surface area (TPSA) is 195 Å². The number of carbonyl (C=O) groups excluding carboxylic acids is 4. The Morgan fingerprint density at radius 1 is 0.811 bits per heavy atom. The number of rotatable bonds is 16. The number of nitrogens with one attached hydrogen (secondary N) is 3. The van der Waals surface area contributed by atoms with Gasteiger partial charge in [-0.3, -0.25) is 24.2 Å². The van der Waals surface area contributed by atoms with Crippen molar-refractivity contribution in [3.63, 3.8) is 0 Å². The molecule has 0 aliphatic heterocycles. The van der Waals surface area contributed by atoms with Crippen LogP contribution in [-0.4, -0.2) is 54.3 Å². The summed E-state index contributed by atoms with van der Waals surface area (Å²) < 4.78 is 0. The van der Waals surface area contributed by atoms with Gasteiger partial charge in [-0.2, -0.15) is 0 Å². The first-order valence-electron chi connectivity index (χ1n) is 12.7. The van der Waals surface area contributed by atoms with E-state index in [4.69, 9.17) is 17.2 Å². The molecular formula is C26H43N7O4. The molecule has 11 heteroatoms. The largest absolute Gasteiger partial charge is 0.370 e. The highest BCUT2D eigenvalue weighted by Crippen LogP contribution is 2.10. The van der Waals surface area contributed by atoms with Crippen LogP contribution in [-0.2, 0) is 25.6 Å². The lowest BCUT2D eigenvalue weighted by atomic mass is 10.0. The number of nitrogens with two attached hydrogens (primary N) is 3. The molecule has 4 amide bonds. The average molecular weight is 518 g/mol. The molecule has 0 aliphatic rings. The first-order valence-corrected chi connectivity index (χ1v) is 12.7. The lowest BCUT2D eigenvalue weighted by Crippen LogP contribution is -2.57. The highest BCUT2D eigenvalue weighted by molar-refractivity contribution is 5.94. The molecular weight excluding hydrogens is 474 g/mol. The minimum absolute atomic E-state index is 0.0574. The SMILES string of the molecule is CC(C)CC(=O)N[C@@H](CCCN=C(N)N)C(=O)N[C@@H](CC(C)C)C(=O)N[C@@H](Cc1ccccc1)C(N)=O. The fourth-order valence-corrected chi connectivity index (χ4v) is 3.72. The molecule has 3 atom stereocenters. The smallest absolute Gasteiger partial charge is 0.243 e. The van der Waals surface area contributed by atoms with Crippen LogP contribution >= 0.6 is 0 Å². The van der Waals surface area contributed by atoms with Crippen LogP contribution in [0.1, 0.15) is 58.9 Å². The lowest BCUT2D eigenvalue weighted by molar-refractivity contribution is -0.133. The first-order chi connectivity index (χ1) is 17.4. The summed E-state index contributed by atoms with van der Waals surface area (Å²) in [6.07, 6.45) is 1.53. The number of aliphatic imine (C=N–C) groups is 1. The Balaban J connectivity index is 2.99.